The van der Waals surface area contributed by atoms with Crippen LogP contribution in [0.25, 0.3) is 0 Å². The highest BCUT2D eigenvalue weighted by molar-refractivity contribution is 7.98. The van der Waals surface area contributed by atoms with Gasteiger partial charge in [-0.25, -0.2) is 17.8 Å². The standard InChI is InChI=1S/C11H18N4O2S.CHF3O3S/c1-6-17-10(16)12-9-13-14(4)11(18-5)15(9)7-8(2)3;2-1(3,4)8(5,6)7/h2,6-7H2,1,3-5H3;(H,5,6,7). The van der Waals surface area contributed by atoms with Crippen LogP contribution in [0.2, 0.25) is 0 Å². The Morgan fingerprint density at radius 1 is 1.50 bits per heavy atom. The molecule has 14 heteroatoms. The zero-order valence-electron chi connectivity index (χ0n) is 14.5. The highest BCUT2D eigenvalue weighted by Gasteiger charge is 2.36. The first-order valence-electron chi connectivity index (χ1n) is 6.85. The summed E-state index contributed by atoms with van der Waals surface area (Å²) in [5.74, 6) is 0.461. The van der Waals surface area contributed by atoms with Crippen molar-refractivity contribution in [3.63, 3.8) is 0 Å². The summed E-state index contributed by atoms with van der Waals surface area (Å²) in [7, 11) is -4.26. The summed E-state index contributed by atoms with van der Waals surface area (Å²) in [6.07, 6.45) is 1.46. The van der Waals surface area contributed by atoms with E-state index in [0.717, 1.165) is 10.7 Å². The van der Waals surface area contributed by atoms with E-state index in [4.69, 9.17) is 17.7 Å². The van der Waals surface area contributed by atoms with E-state index in [2.05, 4.69) is 17.0 Å². The third-order valence-electron chi connectivity index (χ3n) is 2.39. The van der Waals surface area contributed by atoms with Crippen molar-refractivity contribution in [1.82, 2.24) is 9.78 Å². The molecule has 0 aromatic carbocycles. The molecule has 0 fully saturated rings. The minimum atomic E-state index is -6.09. The van der Waals surface area contributed by atoms with E-state index in [9.17, 15) is 18.0 Å². The maximum atomic E-state index is 11.4. The number of nitrogens with zero attached hydrogens (tertiary/aromatic N) is 3. The fourth-order valence-corrected chi connectivity index (χ4v) is 2.19. The van der Waals surface area contributed by atoms with Gasteiger partial charge < -0.3 is 9.29 Å². The Hall–Kier alpha value is -1.80. The molecular weight excluding hydrogens is 401 g/mol. The molecule has 0 spiro atoms. The fraction of sp³-hybridized carbons (Fsp3) is 0.583. The summed E-state index contributed by atoms with van der Waals surface area (Å²) in [6, 6.07) is 0. The highest BCUT2D eigenvalue weighted by atomic mass is 32.2. The average molecular weight is 420 g/mol. The number of thioether (sulfide) groups is 1. The van der Waals surface area contributed by atoms with Gasteiger partial charge in [0.1, 0.15) is 0 Å². The van der Waals surface area contributed by atoms with E-state index in [-0.39, 0.29) is 0 Å². The minimum Gasteiger partial charge on any atom is -0.741 e. The first kappa shape index (κ1) is 24.2. The lowest BCUT2D eigenvalue weighted by Gasteiger charge is -2.08. The van der Waals surface area contributed by atoms with Gasteiger partial charge in [-0.1, -0.05) is 18.3 Å². The van der Waals surface area contributed by atoms with Crippen molar-refractivity contribution < 1.29 is 40.2 Å². The summed E-state index contributed by atoms with van der Waals surface area (Å²) >= 11 is 1.56. The van der Waals surface area contributed by atoms with Crippen LogP contribution in [0.5, 0.6) is 0 Å². The number of alkyl halides is 3. The van der Waals surface area contributed by atoms with Crippen LogP contribution in [0, 0.1) is 0 Å². The number of carbonyl (C=O) groups is 1. The molecule has 0 radical (unpaired) electrons. The van der Waals surface area contributed by atoms with Gasteiger partial charge >= 0.3 is 17.5 Å². The lowest BCUT2D eigenvalue weighted by molar-refractivity contribution is -0.713. The monoisotopic (exact) mass is 420 g/mol. The van der Waals surface area contributed by atoms with Crippen molar-refractivity contribution in [3.8, 4) is 0 Å². The molecule has 1 aromatic rings. The van der Waals surface area contributed by atoms with Crippen molar-refractivity contribution in [1.29, 1.82) is 0 Å². The maximum absolute atomic E-state index is 11.4. The summed E-state index contributed by atoms with van der Waals surface area (Å²) in [5.41, 5.74) is -4.66. The van der Waals surface area contributed by atoms with Crippen LogP contribution < -0.4 is 9.88 Å². The van der Waals surface area contributed by atoms with E-state index in [1.54, 1.807) is 23.4 Å². The summed E-state index contributed by atoms with van der Waals surface area (Å²) in [6.45, 7) is 8.50. The number of aromatic nitrogens is 3. The van der Waals surface area contributed by atoms with Crippen LogP contribution in [0.4, 0.5) is 23.9 Å². The Morgan fingerprint density at radius 3 is 2.35 bits per heavy atom. The van der Waals surface area contributed by atoms with Crippen molar-refractivity contribution in [2.75, 3.05) is 18.2 Å². The molecule has 0 aliphatic carbocycles. The molecular formula is C12H19F3N4O5S2. The normalized spacial score (nSPS) is 11.4. The number of allylic oxidation sites excluding steroid dienone is 1. The second kappa shape index (κ2) is 9.78. The Morgan fingerprint density at radius 2 is 2.00 bits per heavy atom. The zero-order valence-corrected chi connectivity index (χ0v) is 16.1. The van der Waals surface area contributed by atoms with Gasteiger partial charge in [0.25, 0.3) is 5.16 Å². The van der Waals surface area contributed by atoms with E-state index in [1.165, 1.54) is 0 Å². The molecule has 9 nitrogen and oxygen atoms in total. The average Bonchev–Trinajstić information content (AvgIpc) is 2.72. The SMILES string of the molecule is C=C(C)C[n+]1c(NC(=O)OCC)nn(C)c1SC.O=S(=O)([O-])C(F)(F)F. The number of halogens is 3. The Kier molecular flexibility index (Phi) is 9.10. The second-order valence-corrected chi connectivity index (χ2v) is 6.87. The van der Waals surface area contributed by atoms with Crippen molar-refractivity contribution in [2.45, 2.75) is 31.1 Å². The third kappa shape index (κ3) is 7.61. The number of carbonyl (C=O) groups excluding carboxylic acids is 1. The van der Waals surface area contributed by atoms with Crippen LogP contribution >= 0.6 is 11.8 Å². The predicted molar refractivity (Wildman–Crippen MR) is 86.4 cm³/mol. The number of hydrogen-bond donors (Lipinski definition) is 1. The molecule has 1 aromatic heterocycles. The lowest BCUT2D eigenvalue weighted by Crippen LogP contribution is -2.39. The number of rotatable bonds is 5. The summed E-state index contributed by atoms with van der Waals surface area (Å²) < 4.78 is 67.4. The molecule has 0 aliphatic rings. The Bertz CT molecular complexity index is 747. The topological polar surface area (TPSA) is 117 Å². The van der Waals surface area contributed by atoms with E-state index in [1.807, 2.05) is 24.8 Å². The van der Waals surface area contributed by atoms with E-state index < -0.39 is 21.7 Å². The van der Waals surface area contributed by atoms with Gasteiger partial charge in [0, 0.05) is 5.10 Å². The van der Waals surface area contributed by atoms with Gasteiger partial charge in [-0.05, 0) is 25.7 Å². The predicted octanol–water partition coefficient (Wildman–Crippen LogP) is 1.63. The van der Waals surface area contributed by atoms with Gasteiger partial charge in [0.05, 0.1) is 20.2 Å². The molecule has 0 aliphatic heterocycles. The highest BCUT2D eigenvalue weighted by Crippen LogP contribution is 2.20. The van der Waals surface area contributed by atoms with Crippen LogP contribution in [0.3, 0.4) is 0 Å². The van der Waals surface area contributed by atoms with Crippen LogP contribution in [-0.4, -0.2) is 47.2 Å². The van der Waals surface area contributed by atoms with Crippen LogP contribution in [0.15, 0.2) is 17.3 Å². The largest absolute Gasteiger partial charge is 0.741 e. The Balaban J connectivity index is 0.000000660. The molecule has 0 bridgehead atoms. The third-order valence-corrected chi connectivity index (χ3v) is 3.81. The van der Waals surface area contributed by atoms with Gasteiger partial charge in [0.2, 0.25) is 0 Å². The number of hydrogen-bond acceptors (Lipinski definition) is 7. The number of nitrogens with one attached hydrogen (secondary N) is 1. The van der Waals surface area contributed by atoms with Crippen molar-refractivity contribution in [3.05, 3.63) is 12.2 Å². The molecule has 150 valence electrons. The Labute approximate surface area is 153 Å². The maximum Gasteiger partial charge on any atom is 0.485 e. The molecule has 0 atom stereocenters. The molecule has 1 rings (SSSR count). The smallest absolute Gasteiger partial charge is 0.485 e. The first-order valence-corrected chi connectivity index (χ1v) is 9.49. The van der Waals surface area contributed by atoms with Crippen LogP contribution in [0.1, 0.15) is 13.8 Å². The molecule has 0 unspecified atom stereocenters. The van der Waals surface area contributed by atoms with Crippen molar-refractivity contribution >= 4 is 33.9 Å². The van der Waals surface area contributed by atoms with E-state index >= 15 is 0 Å². The van der Waals surface area contributed by atoms with Gasteiger partial charge in [-0.2, -0.15) is 18.5 Å². The van der Waals surface area contributed by atoms with E-state index in [0.29, 0.717) is 19.1 Å². The van der Waals surface area contributed by atoms with Gasteiger partial charge in [0.15, 0.2) is 10.1 Å². The molecule has 0 saturated heterocycles. The number of ether oxygens (including phenoxy) is 1. The number of aryl methyl sites for hydroxylation is 1. The van der Waals surface area contributed by atoms with Crippen LogP contribution in [-0.2, 0) is 28.4 Å². The fourth-order valence-electron chi connectivity index (χ4n) is 1.51. The molecule has 26 heavy (non-hydrogen) atoms. The summed E-state index contributed by atoms with van der Waals surface area (Å²) in [4.78, 5) is 11.4. The lowest BCUT2D eigenvalue weighted by atomic mass is 10.3. The minimum absolute atomic E-state index is 0.328. The molecule has 0 saturated carbocycles. The quantitative estimate of drug-likeness (QED) is 0.253. The number of amides is 1. The molecule has 1 heterocycles. The number of anilines is 1. The second-order valence-electron chi connectivity index (χ2n) is 4.72. The summed E-state index contributed by atoms with van der Waals surface area (Å²) in [5, 5.41) is 7.83. The van der Waals surface area contributed by atoms with Crippen molar-refractivity contribution in [2.24, 2.45) is 7.05 Å². The van der Waals surface area contributed by atoms with Gasteiger partial charge in [-0.15, -0.1) is 4.68 Å². The first-order chi connectivity index (χ1) is 11.7. The zero-order chi connectivity index (χ0) is 20.7. The molecule has 1 N–H and O–H groups in total. The van der Waals surface area contributed by atoms with Gasteiger partial charge in [-0.3, -0.25) is 0 Å². The molecule has 1 amide bonds.